The lowest BCUT2D eigenvalue weighted by Gasteiger charge is -2.44. The minimum absolute atomic E-state index is 0.00660. The molecule has 15 nitrogen and oxygen atoms in total. The average molecular weight is 1040 g/mol. The molecule has 0 spiro atoms. The first-order valence-electron chi connectivity index (χ1n) is 20.6. The molecule has 0 radical (unpaired) electrons. The number of allylic oxidation sites excluding steroid dienone is 6. The van der Waals surface area contributed by atoms with Crippen LogP contribution in [0.25, 0.3) is 0 Å². The molecule has 6 atom stereocenters. The summed E-state index contributed by atoms with van der Waals surface area (Å²) in [5.74, 6) is -17.4. The fourth-order valence-corrected chi connectivity index (χ4v) is 7.90. The summed E-state index contributed by atoms with van der Waals surface area (Å²) >= 11 is 0. The Kier molecular flexibility index (Phi) is 18.8. The molecule has 0 saturated heterocycles. The van der Waals surface area contributed by atoms with Crippen molar-refractivity contribution in [1.82, 2.24) is 10.6 Å². The SMILES string of the molecule is O=C(O)C[C@H](NC(=O)OCc1ccccc1)C(=O)C1(COCC(=O)COCC2(C(=O)[C@H](CC(=O)O)NC(=O)OCc3ccccc3)C(C(F)(F)F)=CC=CC2C(F)(F)F)C(C(F)(F)F)=CC=CC1C(F)(F)F. The summed E-state index contributed by atoms with van der Waals surface area (Å²) in [5.41, 5.74) is -12.3. The maximum Gasteiger partial charge on any atom is 0.413 e. The van der Waals surface area contributed by atoms with Crippen LogP contribution in [0.15, 0.2) is 108 Å². The van der Waals surface area contributed by atoms with Crippen LogP contribution < -0.4 is 10.6 Å². The van der Waals surface area contributed by atoms with Crippen molar-refractivity contribution in [3.63, 3.8) is 0 Å². The third kappa shape index (κ3) is 14.5. The molecule has 2 aromatic rings. The van der Waals surface area contributed by atoms with Crippen molar-refractivity contribution in [2.45, 2.75) is 62.8 Å². The first kappa shape index (κ1) is 57.5. The molecule has 4 rings (SSSR count). The molecule has 2 aliphatic rings. The minimum Gasteiger partial charge on any atom is -0.481 e. The summed E-state index contributed by atoms with van der Waals surface area (Å²) in [7, 11) is 0. The number of ether oxygens (including phenoxy) is 4. The molecule has 2 aromatic carbocycles. The number of nitrogens with one attached hydrogen (secondary N) is 2. The lowest BCUT2D eigenvalue weighted by molar-refractivity contribution is -0.208. The second-order valence-corrected chi connectivity index (χ2v) is 15.9. The van der Waals surface area contributed by atoms with Crippen LogP contribution in [0.5, 0.6) is 0 Å². The Balaban J connectivity index is 1.68. The van der Waals surface area contributed by atoms with Gasteiger partial charge in [0, 0.05) is 11.1 Å². The Morgan fingerprint density at radius 2 is 0.875 bits per heavy atom. The molecule has 0 aliphatic heterocycles. The van der Waals surface area contributed by atoms with Gasteiger partial charge in [-0.25, -0.2) is 9.59 Å². The van der Waals surface area contributed by atoms with E-state index >= 15 is 0 Å². The van der Waals surface area contributed by atoms with E-state index < -0.39 is 165 Å². The summed E-state index contributed by atoms with van der Waals surface area (Å²) in [6.45, 7) is -8.93. The van der Waals surface area contributed by atoms with Gasteiger partial charge in [0.2, 0.25) is 0 Å². The van der Waals surface area contributed by atoms with Crippen molar-refractivity contribution in [3.8, 4) is 0 Å². The van der Waals surface area contributed by atoms with Gasteiger partial charge in [0.25, 0.3) is 0 Å². The molecule has 0 aromatic heterocycles. The van der Waals surface area contributed by atoms with Crippen LogP contribution in [0.3, 0.4) is 0 Å². The number of amides is 2. The molecule has 0 bridgehead atoms. The number of halogens is 12. The fraction of sp³-hybridized carbons (Fsp3) is 0.400. The van der Waals surface area contributed by atoms with E-state index in [1.54, 1.807) is 22.8 Å². The van der Waals surface area contributed by atoms with Crippen LogP contribution in [0.2, 0.25) is 0 Å². The predicted octanol–water partition coefficient (Wildman–Crippen LogP) is 7.71. The van der Waals surface area contributed by atoms with Crippen LogP contribution in [0.1, 0.15) is 24.0 Å². The van der Waals surface area contributed by atoms with Crippen molar-refractivity contribution in [3.05, 3.63) is 119 Å². The van der Waals surface area contributed by atoms with Gasteiger partial charge in [-0.2, -0.15) is 52.7 Å². The largest absolute Gasteiger partial charge is 0.481 e. The minimum atomic E-state index is -5.89. The Morgan fingerprint density at radius 3 is 1.17 bits per heavy atom. The smallest absolute Gasteiger partial charge is 0.413 e. The first-order chi connectivity index (χ1) is 33.4. The molecule has 72 heavy (non-hydrogen) atoms. The van der Waals surface area contributed by atoms with Gasteiger partial charge in [0.05, 0.1) is 48.7 Å². The van der Waals surface area contributed by atoms with Gasteiger partial charge in [-0.15, -0.1) is 0 Å². The van der Waals surface area contributed by atoms with Crippen LogP contribution in [-0.2, 0) is 56.1 Å². The average Bonchev–Trinajstić information content (AvgIpc) is 3.28. The molecule has 392 valence electrons. The number of Topliss-reactive ketones (excluding diaryl/α,β-unsaturated/α-hetero) is 3. The number of benzene rings is 2. The Bertz CT molecular complexity index is 2270. The number of rotatable bonds is 22. The number of alkyl halides is 12. The molecule has 4 unspecified atom stereocenters. The number of carbonyl (C=O) groups excluding carboxylic acids is 5. The Morgan fingerprint density at radius 1 is 0.542 bits per heavy atom. The zero-order valence-electron chi connectivity index (χ0n) is 36.6. The summed E-state index contributed by atoms with van der Waals surface area (Å²) in [6, 6.07) is 9.20. The molecule has 0 heterocycles. The first-order valence-corrected chi connectivity index (χ1v) is 20.6. The second-order valence-electron chi connectivity index (χ2n) is 15.9. The monoisotopic (exact) mass is 1040 g/mol. The zero-order chi connectivity index (χ0) is 53.9. The second kappa shape index (κ2) is 23.5. The molecule has 0 saturated carbocycles. The third-order valence-corrected chi connectivity index (χ3v) is 10.9. The van der Waals surface area contributed by atoms with E-state index in [1.165, 1.54) is 48.5 Å². The maximum atomic E-state index is 14.8. The van der Waals surface area contributed by atoms with E-state index in [4.69, 9.17) is 18.9 Å². The molecule has 2 aliphatic carbocycles. The maximum absolute atomic E-state index is 14.8. The standard InChI is InChI=1S/C45H40F12N2O13/c46-42(47,48)30-13-7-14-31(43(49,50)51)40(30,36(65)28(17-34(61)62)58-38(67)71-19-25-9-3-1-4-10-25)23-69-21-27(60)22-70-24-41(32(44(52,53)54)15-8-16-33(41)45(55,56)57)37(66)29(18-35(63)64)59-39(68)72-20-26-11-5-2-6-12-26/h1-16,28-30,32H,17-24H2,(H,58,67)(H,59,68)(H,61,62)(H,63,64)/t28-,29-,30?,32?,40?,41?/m0/s1. The molecular formula is C45H40F12N2O13. The number of carboxylic acid groups (broad SMARTS) is 2. The van der Waals surface area contributed by atoms with Gasteiger partial charge >= 0.3 is 48.8 Å². The van der Waals surface area contributed by atoms with Gasteiger partial charge in [-0.05, 0) is 11.1 Å². The Hall–Kier alpha value is -7.03. The van der Waals surface area contributed by atoms with Crippen molar-refractivity contribution < 1.29 is 115 Å². The van der Waals surface area contributed by atoms with E-state index in [0.29, 0.717) is 0 Å². The van der Waals surface area contributed by atoms with Crippen molar-refractivity contribution in [2.24, 2.45) is 22.7 Å². The van der Waals surface area contributed by atoms with Crippen LogP contribution >= 0.6 is 0 Å². The van der Waals surface area contributed by atoms with Crippen LogP contribution in [-0.4, -0.2) is 115 Å². The zero-order valence-corrected chi connectivity index (χ0v) is 36.6. The highest BCUT2D eigenvalue weighted by Gasteiger charge is 2.67. The number of carbonyl (C=O) groups is 7. The number of hydrogen-bond acceptors (Lipinski definition) is 11. The number of alkyl carbamates (subject to hydrolysis) is 2. The molecule has 27 heteroatoms. The fourth-order valence-electron chi connectivity index (χ4n) is 7.90. The number of hydrogen-bond donors (Lipinski definition) is 4. The van der Waals surface area contributed by atoms with Gasteiger partial charge in [0.1, 0.15) is 38.5 Å². The summed E-state index contributed by atoms with van der Waals surface area (Å²) in [4.78, 5) is 90.8. The van der Waals surface area contributed by atoms with E-state index in [1.807, 2.05) is 0 Å². The lowest BCUT2D eigenvalue weighted by atomic mass is 9.62. The predicted molar refractivity (Wildman–Crippen MR) is 219 cm³/mol. The highest BCUT2D eigenvalue weighted by Crippen LogP contribution is 2.55. The molecule has 4 N–H and O–H groups in total. The van der Waals surface area contributed by atoms with Crippen LogP contribution in [0.4, 0.5) is 62.3 Å². The summed E-state index contributed by atoms with van der Waals surface area (Å²) in [5, 5.41) is 22.4. The van der Waals surface area contributed by atoms with Crippen molar-refractivity contribution in [2.75, 3.05) is 26.4 Å². The molecular weight excluding hydrogens is 1000 g/mol. The number of ketones is 3. The highest BCUT2D eigenvalue weighted by atomic mass is 19.4. The number of carboxylic acids is 2. The number of aliphatic carboxylic acids is 2. The molecule has 2 amide bonds. The highest BCUT2D eigenvalue weighted by molar-refractivity contribution is 5.99. The Labute approximate surface area is 398 Å². The van der Waals surface area contributed by atoms with Gasteiger partial charge < -0.3 is 39.8 Å². The van der Waals surface area contributed by atoms with E-state index in [-0.39, 0.29) is 47.6 Å². The topological polar surface area (TPSA) is 221 Å². The van der Waals surface area contributed by atoms with E-state index in [2.05, 4.69) is 0 Å². The van der Waals surface area contributed by atoms with E-state index in [9.17, 15) is 96.5 Å². The van der Waals surface area contributed by atoms with Gasteiger partial charge in [-0.3, -0.25) is 24.0 Å². The van der Waals surface area contributed by atoms with Gasteiger partial charge in [0.15, 0.2) is 17.3 Å². The lowest BCUT2D eigenvalue weighted by Crippen LogP contribution is -2.59. The van der Waals surface area contributed by atoms with Gasteiger partial charge in [-0.1, -0.05) is 97.1 Å². The van der Waals surface area contributed by atoms with Crippen molar-refractivity contribution in [1.29, 1.82) is 0 Å². The quantitative estimate of drug-likeness (QED) is 0.0832. The van der Waals surface area contributed by atoms with E-state index in [0.717, 1.165) is 0 Å². The normalized spacial score (nSPS) is 21.1. The van der Waals surface area contributed by atoms with Crippen LogP contribution in [0, 0.1) is 22.7 Å². The summed E-state index contributed by atoms with van der Waals surface area (Å²) < 4.78 is 197. The third-order valence-electron chi connectivity index (χ3n) is 10.9. The summed E-state index contributed by atoms with van der Waals surface area (Å²) in [6.07, 6.45) is -29.5. The van der Waals surface area contributed by atoms with Crippen molar-refractivity contribution >= 4 is 41.5 Å². The molecule has 0 fully saturated rings.